The number of aryl methyl sites for hydroxylation is 1. The Labute approximate surface area is 100 Å². The van der Waals surface area contributed by atoms with Crippen molar-refractivity contribution in [2.24, 2.45) is 0 Å². The normalized spacial score (nSPS) is 16.8. The molecule has 0 unspecified atom stereocenters. The topological polar surface area (TPSA) is 3.24 Å². The van der Waals surface area contributed by atoms with Gasteiger partial charge in [-0.15, -0.1) is 0 Å². The molecule has 1 saturated carbocycles. The van der Waals surface area contributed by atoms with E-state index in [1.54, 1.807) is 0 Å². The van der Waals surface area contributed by atoms with Crippen LogP contribution in [0, 0.1) is 6.92 Å². The smallest absolute Gasteiger partial charge is 0.00891 e. The van der Waals surface area contributed by atoms with Crippen LogP contribution in [0.1, 0.15) is 37.7 Å². The van der Waals surface area contributed by atoms with E-state index in [2.05, 4.69) is 38.1 Å². The first-order valence-electron chi connectivity index (χ1n) is 6.38. The molecular formula is C15H25N. The van der Waals surface area contributed by atoms with Crippen molar-refractivity contribution < 1.29 is 0 Å². The van der Waals surface area contributed by atoms with E-state index in [4.69, 9.17) is 0 Å². The molecule has 0 atom stereocenters. The van der Waals surface area contributed by atoms with Crippen LogP contribution in [0.15, 0.2) is 30.3 Å². The zero-order valence-corrected chi connectivity index (χ0v) is 10.9. The molecule has 1 aromatic carbocycles. The summed E-state index contributed by atoms with van der Waals surface area (Å²) in [7, 11) is 4.38. The first-order chi connectivity index (χ1) is 7.70. The van der Waals surface area contributed by atoms with E-state index in [9.17, 15) is 0 Å². The Bertz CT molecular complexity index is 260. The van der Waals surface area contributed by atoms with Crippen LogP contribution in [0.25, 0.3) is 0 Å². The zero-order chi connectivity index (χ0) is 11.8. The Balaban J connectivity index is 0.000000165. The van der Waals surface area contributed by atoms with Crippen LogP contribution in [0.3, 0.4) is 0 Å². The molecule has 0 spiro atoms. The Hall–Kier alpha value is -0.820. The van der Waals surface area contributed by atoms with Gasteiger partial charge in [0.1, 0.15) is 0 Å². The third kappa shape index (κ3) is 5.32. The Morgan fingerprint density at radius 3 is 1.81 bits per heavy atom. The molecule has 1 aliphatic rings. The van der Waals surface area contributed by atoms with Gasteiger partial charge in [0.25, 0.3) is 0 Å². The van der Waals surface area contributed by atoms with Crippen molar-refractivity contribution >= 4 is 0 Å². The summed E-state index contributed by atoms with van der Waals surface area (Å²) < 4.78 is 0. The molecule has 16 heavy (non-hydrogen) atoms. The molecule has 90 valence electrons. The zero-order valence-electron chi connectivity index (χ0n) is 10.9. The highest BCUT2D eigenvalue weighted by atomic mass is 15.1. The summed E-state index contributed by atoms with van der Waals surface area (Å²) in [6.07, 6.45) is 7.20. The molecular weight excluding hydrogens is 194 g/mol. The van der Waals surface area contributed by atoms with Gasteiger partial charge in [0.2, 0.25) is 0 Å². The molecule has 1 aromatic rings. The molecule has 1 aliphatic carbocycles. The lowest BCUT2D eigenvalue weighted by Crippen LogP contribution is -2.29. The van der Waals surface area contributed by atoms with Crippen LogP contribution in [-0.4, -0.2) is 25.0 Å². The molecule has 0 radical (unpaired) electrons. The van der Waals surface area contributed by atoms with Gasteiger partial charge in [-0.05, 0) is 33.9 Å². The highest BCUT2D eigenvalue weighted by Crippen LogP contribution is 2.20. The first kappa shape index (κ1) is 13.2. The van der Waals surface area contributed by atoms with Crippen molar-refractivity contribution in [3.8, 4) is 0 Å². The van der Waals surface area contributed by atoms with Crippen LogP contribution in [0.5, 0.6) is 0 Å². The van der Waals surface area contributed by atoms with E-state index >= 15 is 0 Å². The second-order valence-corrected chi connectivity index (χ2v) is 4.91. The lowest BCUT2D eigenvalue weighted by Gasteiger charge is -2.27. The van der Waals surface area contributed by atoms with Gasteiger partial charge in [-0.3, -0.25) is 0 Å². The second-order valence-electron chi connectivity index (χ2n) is 4.91. The average molecular weight is 219 g/mol. The molecule has 0 bridgehead atoms. The molecule has 1 nitrogen and oxygen atoms in total. The molecule has 0 amide bonds. The van der Waals surface area contributed by atoms with Gasteiger partial charge in [-0.25, -0.2) is 0 Å². The Kier molecular flexibility index (Phi) is 6.17. The molecule has 1 fully saturated rings. The second kappa shape index (κ2) is 7.45. The lowest BCUT2D eigenvalue weighted by molar-refractivity contribution is 0.229. The fraction of sp³-hybridized carbons (Fsp3) is 0.600. The van der Waals surface area contributed by atoms with Crippen LogP contribution in [0.2, 0.25) is 0 Å². The van der Waals surface area contributed by atoms with E-state index in [0.717, 1.165) is 6.04 Å². The standard InChI is InChI=1S/C8H17N.C7H8/c1-9(2)8-6-4-3-5-7-8;1-7-5-3-2-4-6-7/h8H,3-7H2,1-2H3;2-6H,1H3. The molecule has 0 aliphatic heterocycles. The van der Waals surface area contributed by atoms with Crippen LogP contribution >= 0.6 is 0 Å². The van der Waals surface area contributed by atoms with Gasteiger partial charge in [0, 0.05) is 6.04 Å². The summed E-state index contributed by atoms with van der Waals surface area (Å²) in [5.74, 6) is 0. The number of hydrogen-bond acceptors (Lipinski definition) is 1. The summed E-state index contributed by atoms with van der Waals surface area (Å²) in [5.41, 5.74) is 1.32. The minimum absolute atomic E-state index is 0.888. The fourth-order valence-electron chi connectivity index (χ4n) is 2.13. The van der Waals surface area contributed by atoms with Gasteiger partial charge < -0.3 is 4.90 Å². The maximum Gasteiger partial charge on any atom is 0.00891 e. The molecule has 0 saturated heterocycles. The summed E-state index contributed by atoms with van der Waals surface area (Å²) in [4.78, 5) is 2.36. The third-order valence-electron chi connectivity index (χ3n) is 3.25. The summed E-state index contributed by atoms with van der Waals surface area (Å²) >= 11 is 0. The van der Waals surface area contributed by atoms with Crippen molar-refractivity contribution in [1.82, 2.24) is 4.90 Å². The van der Waals surface area contributed by atoms with Crippen LogP contribution in [0.4, 0.5) is 0 Å². The first-order valence-corrected chi connectivity index (χ1v) is 6.38. The predicted molar refractivity (Wildman–Crippen MR) is 71.7 cm³/mol. The van der Waals surface area contributed by atoms with Gasteiger partial charge in [0.15, 0.2) is 0 Å². The molecule has 0 N–H and O–H groups in total. The van der Waals surface area contributed by atoms with Crippen LogP contribution < -0.4 is 0 Å². The highest BCUT2D eigenvalue weighted by Gasteiger charge is 2.13. The van der Waals surface area contributed by atoms with E-state index < -0.39 is 0 Å². The number of hydrogen-bond donors (Lipinski definition) is 0. The van der Waals surface area contributed by atoms with Crippen LogP contribution in [-0.2, 0) is 0 Å². The van der Waals surface area contributed by atoms with Crippen molar-refractivity contribution in [3.63, 3.8) is 0 Å². The van der Waals surface area contributed by atoms with Crippen molar-refractivity contribution in [1.29, 1.82) is 0 Å². The number of benzene rings is 1. The minimum atomic E-state index is 0.888. The fourth-order valence-corrected chi connectivity index (χ4v) is 2.13. The lowest BCUT2D eigenvalue weighted by atomic mass is 9.95. The summed E-state index contributed by atoms with van der Waals surface area (Å²) in [6, 6.07) is 11.1. The highest BCUT2D eigenvalue weighted by molar-refractivity contribution is 5.11. The largest absolute Gasteiger partial charge is 0.306 e. The monoisotopic (exact) mass is 219 g/mol. The van der Waals surface area contributed by atoms with Crippen molar-refractivity contribution in [3.05, 3.63) is 35.9 Å². The molecule has 0 heterocycles. The minimum Gasteiger partial charge on any atom is -0.306 e. The van der Waals surface area contributed by atoms with Crippen molar-refractivity contribution in [2.75, 3.05) is 14.1 Å². The molecule has 0 aromatic heterocycles. The summed E-state index contributed by atoms with van der Waals surface area (Å²) in [6.45, 7) is 2.08. The Morgan fingerprint density at radius 1 is 0.938 bits per heavy atom. The van der Waals surface area contributed by atoms with E-state index in [1.165, 1.54) is 37.7 Å². The van der Waals surface area contributed by atoms with Gasteiger partial charge in [0.05, 0.1) is 0 Å². The predicted octanol–water partition coefficient (Wildman–Crippen LogP) is 3.88. The quantitative estimate of drug-likeness (QED) is 0.693. The van der Waals surface area contributed by atoms with E-state index in [0.29, 0.717) is 0 Å². The third-order valence-corrected chi connectivity index (χ3v) is 3.25. The average Bonchev–Trinajstić information content (AvgIpc) is 2.32. The maximum absolute atomic E-state index is 2.36. The molecule has 1 heteroatoms. The van der Waals surface area contributed by atoms with E-state index in [1.807, 2.05) is 18.2 Å². The van der Waals surface area contributed by atoms with Crippen molar-refractivity contribution in [2.45, 2.75) is 45.1 Å². The van der Waals surface area contributed by atoms with Gasteiger partial charge in [-0.1, -0.05) is 55.2 Å². The maximum atomic E-state index is 2.36. The van der Waals surface area contributed by atoms with E-state index in [-0.39, 0.29) is 0 Å². The van der Waals surface area contributed by atoms with Gasteiger partial charge in [-0.2, -0.15) is 0 Å². The molecule has 2 rings (SSSR count). The van der Waals surface area contributed by atoms with Gasteiger partial charge >= 0.3 is 0 Å². The number of rotatable bonds is 1. The SMILES string of the molecule is CN(C)C1CCCCC1.Cc1ccccc1. The number of nitrogens with zero attached hydrogens (tertiary/aromatic N) is 1. The Morgan fingerprint density at radius 2 is 1.50 bits per heavy atom. The summed E-state index contributed by atoms with van der Waals surface area (Å²) in [5, 5.41) is 0.